The van der Waals surface area contributed by atoms with Gasteiger partial charge in [-0.2, -0.15) is 18.3 Å². The van der Waals surface area contributed by atoms with Gasteiger partial charge in [0, 0.05) is 11.9 Å². The molecule has 0 amide bonds. The van der Waals surface area contributed by atoms with Gasteiger partial charge >= 0.3 is 6.18 Å². The first kappa shape index (κ1) is 14.1. The van der Waals surface area contributed by atoms with E-state index in [-0.39, 0.29) is 0 Å². The monoisotopic (exact) mass is 288 g/mol. The van der Waals surface area contributed by atoms with Crippen LogP contribution in [-0.4, -0.2) is 9.78 Å². The van der Waals surface area contributed by atoms with E-state index in [4.69, 9.17) is 0 Å². The first-order chi connectivity index (χ1) is 8.77. The van der Waals surface area contributed by atoms with E-state index in [1.807, 2.05) is 12.1 Å². The molecule has 19 heavy (non-hydrogen) atoms. The van der Waals surface area contributed by atoms with Crippen LogP contribution in [0.3, 0.4) is 0 Å². The summed E-state index contributed by atoms with van der Waals surface area (Å²) >= 11 is 1.50. The molecule has 104 valence electrons. The highest BCUT2D eigenvalue weighted by atomic mass is 32.1. The maximum atomic E-state index is 12.7. The third-order valence-electron chi connectivity index (χ3n) is 2.69. The molecule has 0 saturated heterocycles. The second-order valence-corrected chi connectivity index (χ2v) is 6.07. The number of hydrogen-bond acceptors (Lipinski definition) is 2. The molecule has 2 heterocycles. The Kier molecular flexibility index (Phi) is 3.71. The fourth-order valence-corrected chi connectivity index (χ4v) is 3.06. The van der Waals surface area contributed by atoms with E-state index in [1.165, 1.54) is 23.3 Å². The topological polar surface area (TPSA) is 17.8 Å². The van der Waals surface area contributed by atoms with E-state index in [1.54, 1.807) is 0 Å². The highest BCUT2D eigenvalue weighted by Crippen LogP contribution is 2.34. The molecule has 2 nitrogen and oxygen atoms in total. The molecule has 0 radical (unpaired) electrons. The molecule has 2 aromatic rings. The van der Waals surface area contributed by atoms with Gasteiger partial charge < -0.3 is 0 Å². The average molecular weight is 288 g/mol. The molecule has 0 aliphatic carbocycles. The van der Waals surface area contributed by atoms with E-state index < -0.39 is 11.9 Å². The van der Waals surface area contributed by atoms with Crippen LogP contribution in [0.4, 0.5) is 13.2 Å². The minimum atomic E-state index is -4.36. The summed E-state index contributed by atoms with van der Waals surface area (Å²) in [5, 5.41) is 3.95. The lowest BCUT2D eigenvalue weighted by Crippen LogP contribution is -2.11. The molecule has 0 atom stereocenters. The highest BCUT2D eigenvalue weighted by molar-refractivity contribution is 7.15. The zero-order valence-electron chi connectivity index (χ0n) is 11.0. The van der Waals surface area contributed by atoms with Crippen molar-refractivity contribution in [2.24, 2.45) is 13.0 Å². The van der Waals surface area contributed by atoms with Gasteiger partial charge in [-0.05, 0) is 30.5 Å². The van der Waals surface area contributed by atoms with Gasteiger partial charge in [0.1, 0.15) is 11.4 Å². The number of alkyl halides is 3. The lowest BCUT2D eigenvalue weighted by atomic mass is 10.1. The van der Waals surface area contributed by atoms with Crippen LogP contribution in [0.25, 0.3) is 10.6 Å². The van der Waals surface area contributed by atoms with Crippen molar-refractivity contribution in [3.8, 4) is 10.6 Å². The summed E-state index contributed by atoms with van der Waals surface area (Å²) in [7, 11) is 1.31. The van der Waals surface area contributed by atoms with Crippen LogP contribution in [0.5, 0.6) is 0 Å². The number of nitrogens with zero attached hydrogens (tertiary/aromatic N) is 2. The van der Waals surface area contributed by atoms with Gasteiger partial charge in [-0.1, -0.05) is 13.8 Å². The molecular formula is C13H15F3N2S. The second kappa shape index (κ2) is 5.00. The van der Waals surface area contributed by atoms with E-state index in [0.717, 1.165) is 22.0 Å². The van der Waals surface area contributed by atoms with E-state index >= 15 is 0 Å². The molecule has 0 aliphatic heterocycles. The molecule has 0 saturated carbocycles. The van der Waals surface area contributed by atoms with Gasteiger partial charge in [-0.25, -0.2) is 0 Å². The van der Waals surface area contributed by atoms with Gasteiger partial charge in [0.05, 0.1) is 4.88 Å². The first-order valence-corrected chi connectivity index (χ1v) is 6.79. The molecule has 0 aliphatic rings. The predicted octanol–water partition coefficient (Wildman–Crippen LogP) is 4.37. The van der Waals surface area contributed by atoms with Crippen LogP contribution in [0.2, 0.25) is 0 Å². The summed E-state index contributed by atoms with van der Waals surface area (Å²) in [6, 6.07) is 4.90. The molecule has 6 heteroatoms. The number of hydrogen-bond donors (Lipinski definition) is 0. The number of rotatable bonds is 3. The van der Waals surface area contributed by atoms with Crippen molar-refractivity contribution in [1.29, 1.82) is 0 Å². The largest absolute Gasteiger partial charge is 0.433 e. The summed E-state index contributed by atoms with van der Waals surface area (Å²) in [6.45, 7) is 4.23. The molecule has 0 aromatic carbocycles. The molecule has 0 bridgehead atoms. The minimum Gasteiger partial charge on any atom is -0.263 e. The van der Waals surface area contributed by atoms with Crippen molar-refractivity contribution in [3.63, 3.8) is 0 Å². The predicted molar refractivity (Wildman–Crippen MR) is 70.1 cm³/mol. The van der Waals surface area contributed by atoms with E-state index in [9.17, 15) is 13.2 Å². The van der Waals surface area contributed by atoms with Crippen molar-refractivity contribution >= 4 is 11.3 Å². The van der Waals surface area contributed by atoms with Gasteiger partial charge in [-0.15, -0.1) is 11.3 Å². The Morgan fingerprint density at radius 2 is 2.00 bits per heavy atom. The number of thiophene rings is 1. The Bertz CT molecular complexity index is 567. The quantitative estimate of drug-likeness (QED) is 0.820. The van der Waals surface area contributed by atoms with Gasteiger partial charge in [0.15, 0.2) is 0 Å². The Hall–Kier alpha value is -1.30. The molecule has 0 fully saturated rings. The normalized spacial score (nSPS) is 12.4. The van der Waals surface area contributed by atoms with Gasteiger partial charge in [0.25, 0.3) is 0 Å². The molecule has 0 spiro atoms. The zero-order valence-corrected chi connectivity index (χ0v) is 11.8. The van der Waals surface area contributed by atoms with Crippen molar-refractivity contribution in [2.45, 2.75) is 26.4 Å². The molecular weight excluding hydrogens is 273 g/mol. The standard InChI is InChI=1S/C13H15F3N2S/c1-8(2)6-9-4-5-11(19-9)10-7-12(13(14,15)16)18(3)17-10/h4-5,7-8H,6H2,1-3H3. The minimum absolute atomic E-state index is 0.384. The summed E-state index contributed by atoms with van der Waals surface area (Å²) in [4.78, 5) is 1.95. The Morgan fingerprint density at radius 1 is 1.32 bits per heavy atom. The van der Waals surface area contributed by atoms with Crippen LogP contribution in [0, 0.1) is 5.92 Å². The van der Waals surface area contributed by atoms with Crippen LogP contribution >= 0.6 is 11.3 Å². The van der Waals surface area contributed by atoms with Crippen molar-refractivity contribution in [2.75, 3.05) is 0 Å². The van der Waals surface area contributed by atoms with Crippen LogP contribution in [0.1, 0.15) is 24.4 Å². The van der Waals surface area contributed by atoms with Crippen molar-refractivity contribution in [1.82, 2.24) is 9.78 Å². The van der Waals surface area contributed by atoms with Crippen LogP contribution < -0.4 is 0 Å². The lowest BCUT2D eigenvalue weighted by Gasteiger charge is -2.04. The fraction of sp³-hybridized carbons (Fsp3) is 0.462. The number of aryl methyl sites for hydroxylation is 1. The van der Waals surface area contributed by atoms with Crippen LogP contribution in [-0.2, 0) is 19.6 Å². The smallest absolute Gasteiger partial charge is 0.263 e. The van der Waals surface area contributed by atoms with Gasteiger partial charge in [0.2, 0.25) is 0 Å². The summed E-state index contributed by atoms with van der Waals surface area (Å²) in [5.41, 5.74) is -0.337. The van der Waals surface area contributed by atoms with E-state index in [2.05, 4.69) is 18.9 Å². The van der Waals surface area contributed by atoms with E-state index in [0.29, 0.717) is 11.6 Å². The maximum Gasteiger partial charge on any atom is 0.433 e. The molecule has 0 N–H and O–H groups in total. The number of halogens is 3. The third kappa shape index (κ3) is 3.18. The lowest BCUT2D eigenvalue weighted by molar-refractivity contribution is -0.143. The Morgan fingerprint density at radius 3 is 2.53 bits per heavy atom. The van der Waals surface area contributed by atoms with Crippen LogP contribution in [0.15, 0.2) is 18.2 Å². The average Bonchev–Trinajstić information content (AvgIpc) is 2.82. The maximum absolute atomic E-state index is 12.7. The summed E-state index contributed by atoms with van der Waals surface area (Å²) in [6.07, 6.45) is -3.43. The molecule has 2 rings (SSSR count). The van der Waals surface area contributed by atoms with Crippen molar-refractivity contribution in [3.05, 3.63) is 28.8 Å². The Labute approximate surface area is 113 Å². The highest BCUT2D eigenvalue weighted by Gasteiger charge is 2.35. The molecule has 2 aromatic heterocycles. The molecule has 0 unspecified atom stereocenters. The Balaban J connectivity index is 2.30. The summed E-state index contributed by atoms with van der Waals surface area (Å²) < 4.78 is 39.0. The number of aromatic nitrogens is 2. The fourth-order valence-electron chi connectivity index (χ4n) is 1.88. The summed E-state index contributed by atoms with van der Waals surface area (Å²) in [5.74, 6) is 0.529. The second-order valence-electron chi connectivity index (χ2n) is 4.90. The van der Waals surface area contributed by atoms with Crippen molar-refractivity contribution < 1.29 is 13.2 Å². The third-order valence-corrected chi connectivity index (χ3v) is 3.82. The van der Waals surface area contributed by atoms with Gasteiger partial charge in [-0.3, -0.25) is 4.68 Å². The first-order valence-electron chi connectivity index (χ1n) is 5.97. The SMILES string of the molecule is CC(C)Cc1ccc(-c2cc(C(F)(F)F)n(C)n2)s1. The zero-order chi connectivity index (χ0) is 14.2.